The number of hydrogen-bond acceptors (Lipinski definition) is 6. The zero-order valence-electron chi connectivity index (χ0n) is 14.0. The standard InChI is InChI=1S/C17H19NO5S/c1-9-14(17(21)22-4)10(2)18-15(9)16(20)11(3)23-13(19)8-12-6-5-7-24-12/h5-7,11,18H,8H2,1-4H3/t11-/m1/s1. The van der Waals surface area contributed by atoms with Crippen LogP contribution in [0.2, 0.25) is 0 Å². The third-order valence-corrected chi connectivity index (χ3v) is 4.53. The molecule has 0 saturated carbocycles. The molecular formula is C17H19NO5S. The van der Waals surface area contributed by atoms with E-state index in [2.05, 4.69) is 4.98 Å². The molecule has 128 valence electrons. The minimum Gasteiger partial charge on any atom is -0.465 e. The highest BCUT2D eigenvalue weighted by molar-refractivity contribution is 7.10. The SMILES string of the molecule is COC(=O)c1c(C)[nH]c(C(=O)[C@@H](C)OC(=O)Cc2cccs2)c1C. The van der Waals surface area contributed by atoms with Gasteiger partial charge in [-0.1, -0.05) is 6.07 Å². The van der Waals surface area contributed by atoms with Crippen molar-refractivity contribution in [3.63, 3.8) is 0 Å². The first-order valence-electron chi connectivity index (χ1n) is 7.38. The van der Waals surface area contributed by atoms with Gasteiger partial charge in [-0.05, 0) is 37.8 Å². The number of Topliss-reactive ketones (excluding diaryl/α,β-unsaturated/α-hetero) is 1. The fourth-order valence-corrected chi connectivity index (χ4v) is 3.15. The molecule has 0 aromatic carbocycles. The molecule has 6 nitrogen and oxygen atoms in total. The normalized spacial score (nSPS) is 11.8. The molecule has 0 unspecified atom stereocenters. The van der Waals surface area contributed by atoms with Gasteiger partial charge in [-0.3, -0.25) is 9.59 Å². The van der Waals surface area contributed by atoms with Crippen LogP contribution >= 0.6 is 11.3 Å². The summed E-state index contributed by atoms with van der Waals surface area (Å²) in [5, 5.41) is 1.87. The molecule has 0 spiro atoms. The summed E-state index contributed by atoms with van der Waals surface area (Å²) in [6.45, 7) is 4.86. The number of aryl methyl sites for hydroxylation is 1. The third kappa shape index (κ3) is 3.73. The third-order valence-electron chi connectivity index (χ3n) is 3.65. The average Bonchev–Trinajstić information content (AvgIpc) is 3.13. The van der Waals surface area contributed by atoms with Gasteiger partial charge < -0.3 is 14.5 Å². The molecule has 2 rings (SSSR count). The number of hydrogen-bond donors (Lipinski definition) is 1. The predicted molar refractivity (Wildman–Crippen MR) is 89.5 cm³/mol. The summed E-state index contributed by atoms with van der Waals surface area (Å²) in [4.78, 5) is 40.0. The van der Waals surface area contributed by atoms with Crippen LogP contribution in [0.3, 0.4) is 0 Å². The largest absolute Gasteiger partial charge is 0.465 e. The summed E-state index contributed by atoms with van der Waals surface area (Å²) in [6, 6.07) is 3.68. The Morgan fingerprint density at radius 2 is 2.00 bits per heavy atom. The molecule has 2 aromatic heterocycles. The molecule has 0 fully saturated rings. The molecule has 0 bridgehead atoms. The Balaban J connectivity index is 2.10. The van der Waals surface area contributed by atoms with Crippen molar-refractivity contribution >= 4 is 29.1 Å². The van der Waals surface area contributed by atoms with E-state index >= 15 is 0 Å². The molecular weight excluding hydrogens is 330 g/mol. The number of ketones is 1. The van der Waals surface area contributed by atoms with Gasteiger partial charge >= 0.3 is 11.9 Å². The van der Waals surface area contributed by atoms with E-state index < -0.39 is 18.0 Å². The zero-order chi connectivity index (χ0) is 17.9. The summed E-state index contributed by atoms with van der Waals surface area (Å²) in [6.07, 6.45) is -0.814. The average molecular weight is 349 g/mol. The van der Waals surface area contributed by atoms with E-state index in [-0.39, 0.29) is 17.9 Å². The number of rotatable bonds is 6. The number of esters is 2. The molecule has 1 atom stereocenters. The van der Waals surface area contributed by atoms with Crippen LogP contribution in [-0.2, 0) is 20.7 Å². The second kappa shape index (κ2) is 7.44. The van der Waals surface area contributed by atoms with Crippen molar-refractivity contribution in [2.24, 2.45) is 0 Å². The number of aromatic amines is 1. The number of thiophene rings is 1. The predicted octanol–water partition coefficient (Wildman–Crippen LogP) is 2.84. The van der Waals surface area contributed by atoms with Crippen LogP contribution in [0.5, 0.6) is 0 Å². The molecule has 7 heteroatoms. The number of methoxy groups -OCH3 is 1. The van der Waals surface area contributed by atoms with Crippen LogP contribution in [-0.4, -0.2) is 35.9 Å². The van der Waals surface area contributed by atoms with Gasteiger partial charge in [-0.2, -0.15) is 0 Å². The maximum absolute atomic E-state index is 12.5. The van der Waals surface area contributed by atoms with E-state index in [1.165, 1.54) is 25.4 Å². The van der Waals surface area contributed by atoms with E-state index in [0.29, 0.717) is 16.8 Å². The van der Waals surface area contributed by atoms with Gasteiger partial charge in [0.15, 0.2) is 6.10 Å². The first-order valence-corrected chi connectivity index (χ1v) is 8.26. The second-order valence-electron chi connectivity index (χ2n) is 5.37. The number of ether oxygens (including phenoxy) is 2. The Morgan fingerprint density at radius 1 is 1.29 bits per heavy atom. The van der Waals surface area contributed by atoms with E-state index in [1.54, 1.807) is 13.8 Å². The summed E-state index contributed by atoms with van der Waals surface area (Å²) in [5.41, 5.74) is 1.62. The first kappa shape index (κ1) is 17.9. The van der Waals surface area contributed by atoms with Gasteiger partial charge in [0.1, 0.15) is 0 Å². The van der Waals surface area contributed by atoms with Gasteiger partial charge in [-0.15, -0.1) is 11.3 Å². The first-order chi connectivity index (χ1) is 11.3. The van der Waals surface area contributed by atoms with E-state index in [9.17, 15) is 14.4 Å². The van der Waals surface area contributed by atoms with Gasteiger partial charge in [-0.25, -0.2) is 4.79 Å². The van der Waals surface area contributed by atoms with Crippen LogP contribution < -0.4 is 0 Å². The van der Waals surface area contributed by atoms with Crippen molar-refractivity contribution in [3.05, 3.63) is 44.9 Å². The smallest absolute Gasteiger partial charge is 0.339 e. The number of carbonyl (C=O) groups is 3. The van der Waals surface area contributed by atoms with Gasteiger partial charge in [0.25, 0.3) is 0 Å². The van der Waals surface area contributed by atoms with E-state index in [0.717, 1.165) is 4.88 Å². The van der Waals surface area contributed by atoms with Crippen LogP contribution in [0.1, 0.15) is 43.9 Å². The van der Waals surface area contributed by atoms with Crippen LogP contribution in [0.25, 0.3) is 0 Å². The Hall–Kier alpha value is -2.41. The molecule has 24 heavy (non-hydrogen) atoms. The number of nitrogens with one attached hydrogen (secondary N) is 1. The maximum atomic E-state index is 12.5. The fraction of sp³-hybridized carbons (Fsp3) is 0.353. The highest BCUT2D eigenvalue weighted by atomic mass is 32.1. The highest BCUT2D eigenvalue weighted by Gasteiger charge is 2.27. The van der Waals surface area contributed by atoms with Crippen molar-refractivity contribution in [2.75, 3.05) is 7.11 Å². The lowest BCUT2D eigenvalue weighted by atomic mass is 10.1. The van der Waals surface area contributed by atoms with Crippen molar-refractivity contribution < 1.29 is 23.9 Å². The quantitative estimate of drug-likeness (QED) is 0.640. The summed E-state index contributed by atoms with van der Waals surface area (Å²) in [5.74, 6) is -1.36. The molecule has 0 amide bonds. The van der Waals surface area contributed by atoms with Crippen molar-refractivity contribution in [1.29, 1.82) is 0 Å². The molecule has 0 aliphatic heterocycles. The van der Waals surface area contributed by atoms with E-state index in [4.69, 9.17) is 9.47 Å². The zero-order valence-corrected chi connectivity index (χ0v) is 14.8. The fourth-order valence-electron chi connectivity index (χ4n) is 2.46. The van der Waals surface area contributed by atoms with Crippen LogP contribution in [0.15, 0.2) is 17.5 Å². The topological polar surface area (TPSA) is 85.5 Å². The molecule has 0 radical (unpaired) electrons. The molecule has 0 aliphatic carbocycles. The van der Waals surface area contributed by atoms with Gasteiger partial charge in [0.05, 0.1) is 24.8 Å². The van der Waals surface area contributed by atoms with Crippen molar-refractivity contribution in [2.45, 2.75) is 33.3 Å². The lowest BCUT2D eigenvalue weighted by molar-refractivity contribution is -0.145. The Bertz CT molecular complexity index is 760. The molecule has 0 saturated heterocycles. The molecule has 0 aliphatic rings. The van der Waals surface area contributed by atoms with Crippen LogP contribution in [0.4, 0.5) is 0 Å². The van der Waals surface area contributed by atoms with E-state index in [1.807, 2.05) is 17.5 Å². The summed E-state index contributed by atoms with van der Waals surface area (Å²) >= 11 is 1.45. The summed E-state index contributed by atoms with van der Waals surface area (Å²) in [7, 11) is 1.28. The Morgan fingerprint density at radius 3 is 2.58 bits per heavy atom. The maximum Gasteiger partial charge on any atom is 0.339 e. The molecule has 2 aromatic rings. The Labute approximate surface area is 143 Å². The van der Waals surface area contributed by atoms with Gasteiger partial charge in [0, 0.05) is 10.6 Å². The highest BCUT2D eigenvalue weighted by Crippen LogP contribution is 2.21. The second-order valence-corrected chi connectivity index (χ2v) is 6.40. The van der Waals surface area contributed by atoms with Crippen molar-refractivity contribution in [3.8, 4) is 0 Å². The van der Waals surface area contributed by atoms with Crippen molar-refractivity contribution in [1.82, 2.24) is 4.98 Å². The lowest BCUT2D eigenvalue weighted by Crippen LogP contribution is -2.26. The summed E-state index contributed by atoms with van der Waals surface area (Å²) < 4.78 is 9.93. The Kier molecular flexibility index (Phi) is 5.56. The molecule has 1 N–H and O–H groups in total. The molecule has 2 heterocycles. The monoisotopic (exact) mass is 349 g/mol. The minimum absolute atomic E-state index is 0.130. The van der Waals surface area contributed by atoms with Gasteiger partial charge in [0.2, 0.25) is 5.78 Å². The number of carbonyl (C=O) groups excluding carboxylic acids is 3. The lowest BCUT2D eigenvalue weighted by Gasteiger charge is -2.12. The number of H-pyrrole nitrogens is 1. The number of aromatic nitrogens is 1. The minimum atomic E-state index is -0.945. The van der Waals surface area contributed by atoms with Crippen LogP contribution in [0, 0.1) is 13.8 Å².